The monoisotopic (exact) mass is 252 g/mol. The van der Waals surface area contributed by atoms with Gasteiger partial charge in [-0.3, -0.25) is 4.79 Å². The molecule has 2 rings (SSSR count). The number of quaternary nitrogens is 1. The highest BCUT2D eigenvalue weighted by molar-refractivity contribution is 5.81. The molecule has 0 radical (unpaired) electrons. The molecule has 0 amide bonds. The summed E-state index contributed by atoms with van der Waals surface area (Å²) in [5.74, 6) is 3.42. The van der Waals surface area contributed by atoms with E-state index in [0.29, 0.717) is 11.7 Å². The predicted octanol–water partition coefficient (Wildman–Crippen LogP) is 1.94. The van der Waals surface area contributed by atoms with Crippen molar-refractivity contribution < 1.29 is 9.69 Å². The topological polar surface area (TPSA) is 21.5 Å². The van der Waals surface area contributed by atoms with Crippen LogP contribution in [0.3, 0.4) is 0 Å². The van der Waals surface area contributed by atoms with Gasteiger partial charge in [-0.1, -0.05) is 33.6 Å². The van der Waals surface area contributed by atoms with Crippen molar-refractivity contribution in [1.82, 2.24) is 0 Å². The lowest BCUT2D eigenvalue weighted by molar-refractivity contribution is -0.902. The fraction of sp³-hybridized carbons (Fsp3) is 0.938. The van der Waals surface area contributed by atoms with Gasteiger partial charge in [0.2, 0.25) is 0 Å². The fourth-order valence-corrected chi connectivity index (χ4v) is 3.61. The molecule has 3 unspecified atom stereocenters. The molecule has 0 aromatic heterocycles. The van der Waals surface area contributed by atoms with Gasteiger partial charge in [0.15, 0.2) is 5.78 Å². The second kappa shape index (κ2) is 6.18. The smallest absolute Gasteiger partial charge is 0.189 e. The molecule has 1 N–H and O–H groups in total. The van der Waals surface area contributed by atoms with Crippen molar-refractivity contribution in [2.45, 2.75) is 52.9 Å². The number of likely N-dealkylation sites (tertiary alicyclic amines) is 1. The van der Waals surface area contributed by atoms with Crippen molar-refractivity contribution in [1.29, 1.82) is 0 Å². The highest BCUT2D eigenvalue weighted by atomic mass is 16.1. The molecule has 3 atom stereocenters. The Bertz CT molecular complexity index is 281. The highest BCUT2D eigenvalue weighted by Crippen LogP contribution is 2.28. The van der Waals surface area contributed by atoms with Gasteiger partial charge < -0.3 is 4.90 Å². The van der Waals surface area contributed by atoms with Crippen LogP contribution in [0.2, 0.25) is 0 Å². The van der Waals surface area contributed by atoms with E-state index < -0.39 is 0 Å². The normalized spacial score (nSPS) is 41.6. The van der Waals surface area contributed by atoms with Gasteiger partial charge in [0.05, 0.1) is 13.1 Å². The number of hydrogen-bond donors (Lipinski definition) is 1. The molecule has 0 spiro atoms. The summed E-state index contributed by atoms with van der Waals surface area (Å²) in [7, 11) is 0. The third-order valence-corrected chi connectivity index (χ3v) is 5.43. The van der Waals surface area contributed by atoms with Crippen molar-refractivity contribution in [2.75, 3.05) is 19.6 Å². The van der Waals surface area contributed by atoms with Crippen LogP contribution in [0.15, 0.2) is 0 Å². The first-order chi connectivity index (χ1) is 8.56. The fourth-order valence-electron chi connectivity index (χ4n) is 3.61. The molecule has 0 aromatic carbocycles. The Balaban J connectivity index is 1.77. The number of hydrogen-bond acceptors (Lipinski definition) is 1. The van der Waals surface area contributed by atoms with Crippen LogP contribution < -0.4 is 4.90 Å². The molecule has 1 saturated carbocycles. The van der Waals surface area contributed by atoms with E-state index in [9.17, 15) is 4.79 Å². The number of nitrogens with one attached hydrogen (secondary N) is 1. The van der Waals surface area contributed by atoms with Crippen LogP contribution in [0.4, 0.5) is 0 Å². The molecule has 1 aliphatic carbocycles. The molecule has 2 fully saturated rings. The van der Waals surface area contributed by atoms with E-state index in [1.807, 2.05) is 0 Å². The van der Waals surface area contributed by atoms with Crippen molar-refractivity contribution in [3.8, 4) is 0 Å². The summed E-state index contributed by atoms with van der Waals surface area (Å²) < 4.78 is 0. The zero-order chi connectivity index (χ0) is 13.1. The number of piperidine rings is 1. The van der Waals surface area contributed by atoms with Crippen LogP contribution in [0, 0.1) is 23.7 Å². The van der Waals surface area contributed by atoms with E-state index >= 15 is 0 Å². The lowest BCUT2D eigenvalue weighted by Crippen LogP contribution is -3.14. The summed E-state index contributed by atoms with van der Waals surface area (Å²) in [5.41, 5.74) is 0. The van der Waals surface area contributed by atoms with Crippen molar-refractivity contribution in [2.24, 2.45) is 23.7 Å². The molecule has 2 heteroatoms. The summed E-state index contributed by atoms with van der Waals surface area (Å²) in [4.78, 5) is 13.9. The number of carbonyl (C=O) groups excluding carboxylic acids is 1. The van der Waals surface area contributed by atoms with Crippen molar-refractivity contribution >= 4 is 5.78 Å². The van der Waals surface area contributed by atoms with Crippen LogP contribution in [0.25, 0.3) is 0 Å². The minimum atomic E-state index is 0.392. The summed E-state index contributed by atoms with van der Waals surface area (Å²) in [6.45, 7) is 10.2. The number of rotatable bonds is 3. The molecular weight excluding hydrogens is 222 g/mol. The van der Waals surface area contributed by atoms with Gasteiger partial charge in [-0.25, -0.2) is 0 Å². The zero-order valence-corrected chi connectivity index (χ0v) is 12.4. The minimum absolute atomic E-state index is 0.392. The van der Waals surface area contributed by atoms with Gasteiger partial charge in [0, 0.05) is 11.8 Å². The van der Waals surface area contributed by atoms with Gasteiger partial charge in [-0.2, -0.15) is 0 Å². The number of carbonyl (C=O) groups is 1. The average Bonchev–Trinajstić information content (AvgIpc) is 2.34. The maximum atomic E-state index is 12.3. The summed E-state index contributed by atoms with van der Waals surface area (Å²) in [5, 5.41) is 0. The molecule has 2 nitrogen and oxygen atoms in total. The third kappa shape index (κ3) is 3.57. The van der Waals surface area contributed by atoms with Crippen LogP contribution >= 0.6 is 0 Å². The molecular formula is C16H30NO+. The SMILES string of the molecule is CC1CCC(C(=O)C[NH+]2CCC(C)C(C)C2)CC1. The van der Waals surface area contributed by atoms with Crippen LogP contribution in [-0.4, -0.2) is 25.4 Å². The minimum Gasteiger partial charge on any atom is -0.329 e. The summed E-state index contributed by atoms with van der Waals surface area (Å²) >= 11 is 0. The standard InChI is InChI=1S/C16H29NO/c1-12-4-6-15(7-5-12)16(18)11-17-9-8-13(2)14(3)10-17/h12-15H,4-11H2,1-3H3/p+1. The highest BCUT2D eigenvalue weighted by Gasteiger charge is 2.30. The second-order valence-corrected chi connectivity index (χ2v) is 7.05. The summed E-state index contributed by atoms with van der Waals surface area (Å²) in [6, 6.07) is 0. The lowest BCUT2D eigenvalue weighted by atomic mass is 9.80. The van der Waals surface area contributed by atoms with Crippen LogP contribution in [0.1, 0.15) is 52.9 Å². The average molecular weight is 252 g/mol. The van der Waals surface area contributed by atoms with E-state index in [4.69, 9.17) is 0 Å². The second-order valence-electron chi connectivity index (χ2n) is 7.05. The molecule has 18 heavy (non-hydrogen) atoms. The van der Waals surface area contributed by atoms with Crippen LogP contribution in [0.5, 0.6) is 0 Å². The van der Waals surface area contributed by atoms with E-state index in [1.165, 1.54) is 32.4 Å². The quantitative estimate of drug-likeness (QED) is 0.814. The molecule has 0 bridgehead atoms. The Kier molecular flexibility index (Phi) is 4.83. The first-order valence-electron chi connectivity index (χ1n) is 7.92. The van der Waals surface area contributed by atoms with E-state index in [2.05, 4.69) is 20.8 Å². The Morgan fingerprint density at radius 2 is 1.67 bits per heavy atom. The predicted molar refractivity (Wildman–Crippen MR) is 74.6 cm³/mol. The van der Waals surface area contributed by atoms with Gasteiger partial charge in [0.25, 0.3) is 0 Å². The molecule has 1 heterocycles. The van der Waals surface area contributed by atoms with Crippen molar-refractivity contribution in [3.63, 3.8) is 0 Å². The molecule has 104 valence electrons. The van der Waals surface area contributed by atoms with E-state index in [-0.39, 0.29) is 0 Å². The van der Waals surface area contributed by atoms with Gasteiger partial charge in [0.1, 0.15) is 6.54 Å². The number of Topliss-reactive ketones (excluding diaryl/α,β-unsaturated/α-hetero) is 1. The maximum absolute atomic E-state index is 12.3. The molecule has 0 aromatic rings. The molecule has 2 aliphatic rings. The first kappa shape index (κ1) is 14.0. The zero-order valence-electron chi connectivity index (χ0n) is 12.4. The van der Waals surface area contributed by atoms with Gasteiger partial charge >= 0.3 is 0 Å². The van der Waals surface area contributed by atoms with Gasteiger partial charge in [-0.05, 0) is 31.1 Å². The number of ketones is 1. The summed E-state index contributed by atoms with van der Waals surface area (Å²) in [6.07, 6.45) is 6.13. The largest absolute Gasteiger partial charge is 0.329 e. The maximum Gasteiger partial charge on any atom is 0.189 e. The Morgan fingerprint density at radius 3 is 2.28 bits per heavy atom. The molecule has 1 aliphatic heterocycles. The Labute approximate surface area is 112 Å². The first-order valence-corrected chi connectivity index (χ1v) is 7.92. The van der Waals surface area contributed by atoms with E-state index in [0.717, 1.165) is 37.1 Å². The molecule has 1 saturated heterocycles. The third-order valence-electron chi connectivity index (χ3n) is 5.43. The Morgan fingerprint density at radius 1 is 1.00 bits per heavy atom. The van der Waals surface area contributed by atoms with Crippen molar-refractivity contribution in [3.05, 3.63) is 0 Å². The van der Waals surface area contributed by atoms with E-state index in [1.54, 1.807) is 4.90 Å². The lowest BCUT2D eigenvalue weighted by Gasteiger charge is -2.33. The van der Waals surface area contributed by atoms with Crippen LogP contribution in [-0.2, 0) is 4.79 Å². The Hall–Kier alpha value is -0.370. The van der Waals surface area contributed by atoms with Gasteiger partial charge in [-0.15, -0.1) is 0 Å².